The summed E-state index contributed by atoms with van der Waals surface area (Å²) < 4.78 is 0. The molecule has 0 bridgehead atoms. The van der Waals surface area contributed by atoms with Crippen molar-refractivity contribution in [2.45, 2.75) is 13.5 Å². The molecule has 0 unspecified atom stereocenters. The predicted octanol–water partition coefficient (Wildman–Crippen LogP) is 4.23. The van der Waals surface area contributed by atoms with Gasteiger partial charge >= 0.3 is 0 Å². The molecule has 2 N–H and O–H groups in total. The normalized spacial score (nSPS) is 10.3. The summed E-state index contributed by atoms with van der Waals surface area (Å²) in [4.78, 5) is 28.7. The highest BCUT2D eigenvalue weighted by atomic mass is 35.5. The lowest BCUT2D eigenvalue weighted by molar-refractivity contribution is 0.0948. The van der Waals surface area contributed by atoms with E-state index in [0.29, 0.717) is 28.4 Å². The smallest absolute Gasteiger partial charge is 0.255 e. The van der Waals surface area contributed by atoms with Gasteiger partial charge in [-0.25, -0.2) is 0 Å². The molecule has 2 aromatic carbocycles. The van der Waals surface area contributed by atoms with Crippen LogP contribution in [-0.4, -0.2) is 16.8 Å². The molecule has 3 rings (SSSR count). The Kier molecular flexibility index (Phi) is 5.84. The summed E-state index contributed by atoms with van der Waals surface area (Å²) in [6, 6.07) is 17.3. The minimum absolute atomic E-state index is 0.224. The monoisotopic (exact) mass is 379 g/mol. The molecule has 2 amide bonds. The molecule has 0 saturated heterocycles. The number of hydrogen-bond donors (Lipinski definition) is 2. The molecule has 0 fully saturated rings. The molecule has 0 saturated carbocycles. The Bertz CT molecular complexity index is 957. The van der Waals surface area contributed by atoms with Gasteiger partial charge in [0.1, 0.15) is 0 Å². The van der Waals surface area contributed by atoms with Gasteiger partial charge in [0.2, 0.25) is 0 Å². The molecule has 6 heteroatoms. The molecule has 27 heavy (non-hydrogen) atoms. The summed E-state index contributed by atoms with van der Waals surface area (Å²) in [6.45, 7) is 2.24. The molecule has 0 aliphatic carbocycles. The topological polar surface area (TPSA) is 71.1 Å². The maximum absolute atomic E-state index is 12.3. The highest BCUT2D eigenvalue weighted by molar-refractivity contribution is 6.31. The number of nitrogens with one attached hydrogen (secondary N) is 2. The van der Waals surface area contributed by atoms with Gasteiger partial charge in [-0.05, 0) is 61.0 Å². The first kappa shape index (κ1) is 18.6. The van der Waals surface area contributed by atoms with Crippen LogP contribution >= 0.6 is 11.6 Å². The first-order valence-electron chi connectivity index (χ1n) is 8.38. The van der Waals surface area contributed by atoms with E-state index in [-0.39, 0.29) is 11.8 Å². The number of aromatic nitrogens is 1. The van der Waals surface area contributed by atoms with Crippen molar-refractivity contribution in [2.24, 2.45) is 0 Å². The average Bonchev–Trinajstić information content (AvgIpc) is 2.70. The van der Waals surface area contributed by atoms with Gasteiger partial charge < -0.3 is 10.6 Å². The van der Waals surface area contributed by atoms with Crippen LogP contribution in [0, 0.1) is 6.92 Å². The van der Waals surface area contributed by atoms with Crippen LogP contribution in [0.25, 0.3) is 0 Å². The van der Waals surface area contributed by atoms with Gasteiger partial charge in [0.25, 0.3) is 11.8 Å². The van der Waals surface area contributed by atoms with Crippen molar-refractivity contribution in [3.8, 4) is 0 Å². The third-order valence-corrected chi connectivity index (χ3v) is 4.40. The highest BCUT2D eigenvalue weighted by Crippen LogP contribution is 2.20. The largest absolute Gasteiger partial charge is 0.346 e. The van der Waals surface area contributed by atoms with Crippen molar-refractivity contribution in [2.75, 3.05) is 5.32 Å². The average molecular weight is 380 g/mol. The second kappa shape index (κ2) is 8.47. The van der Waals surface area contributed by atoms with Crippen LogP contribution in [0.4, 0.5) is 5.69 Å². The maximum atomic E-state index is 12.3. The summed E-state index contributed by atoms with van der Waals surface area (Å²) in [5, 5.41) is 6.18. The van der Waals surface area contributed by atoms with Crippen LogP contribution in [0.1, 0.15) is 32.0 Å². The zero-order chi connectivity index (χ0) is 19.2. The Balaban J connectivity index is 1.61. The summed E-state index contributed by atoms with van der Waals surface area (Å²) in [5.74, 6) is -0.492. The van der Waals surface area contributed by atoms with E-state index in [1.54, 1.807) is 42.6 Å². The number of halogens is 1. The van der Waals surface area contributed by atoms with Crippen molar-refractivity contribution in [3.05, 3.63) is 94.3 Å². The van der Waals surface area contributed by atoms with Crippen LogP contribution in [-0.2, 0) is 6.54 Å². The molecule has 0 aliphatic heterocycles. The van der Waals surface area contributed by atoms with Crippen LogP contribution in [0.15, 0.2) is 66.9 Å². The minimum atomic E-state index is -0.268. The van der Waals surface area contributed by atoms with Gasteiger partial charge in [-0.2, -0.15) is 0 Å². The number of rotatable bonds is 5. The van der Waals surface area contributed by atoms with Gasteiger partial charge in [0.15, 0.2) is 0 Å². The summed E-state index contributed by atoms with van der Waals surface area (Å²) >= 11 is 6.07. The van der Waals surface area contributed by atoms with E-state index in [9.17, 15) is 9.59 Å². The van der Waals surface area contributed by atoms with Gasteiger partial charge in [-0.1, -0.05) is 23.7 Å². The summed E-state index contributed by atoms with van der Waals surface area (Å²) in [6.07, 6.45) is 1.68. The van der Waals surface area contributed by atoms with Gasteiger partial charge in [0, 0.05) is 28.0 Å². The Morgan fingerprint density at radius 1 is 0.963 bits per heavy atom. The lowest BCUT2D eigenvalue weighted by atomic mass is 10.1. The highest BCUT2D eigenvalue weighted by Gasteiger charge is 2.10. The molecule has 0 aliphatic rings. The zero-order valence-corrected chi connectivity index (χ0v) is 15.5. The van der Waals surface area contributed by atoms with E-state index in [1.165, 1.54) is 0 Å². The van der Waals surface area contributed by atoms with Crippen LogP contribution in [0.2, 0.25) is 5.02 Å². The number of benzene rings is 2. The third-order valence-electron chi connectivity index (χ3n) is 4.00. The lowest BCUT2D eigenvalue weighted by Gasteiger charge is -2.08. The Morgan fingerprint density at radius 3 is 2.30 bits per heavy atom. The maximum Gasteiger partial charge on any atom is 0.255 e. The van der Waals surface area contributed by atoms with Crippen molar-refractivity contribution in [3.63, 3.8) is 0 Å². The third kappa shape index (κ3) is 4.92. The molecule has 3 aromatic rings. The number of carbonyl (C=O) groups excluding carboxylic acids is 2. The van der Waals surface area contributed by atoms with Gasteiger partial charge in [-0.15, -0.1) is 0 Å². The summed E-state index contributed by atoms with van der Waals surface area (Å²) in [7, 11) is 0. The number of pyridine rings is 1. The minimum Gasteiger partial charge on any atom is -0.346 e. The SMILES string of the molecule is Cc1ccc(NC(=O)c2ccc(C(=O)NCc3ccccn3)cc2)cc1Cl. The number of amides is 2. The number of hydrogen-bond acceptors (Lipinski definition) is 3. The van der Waals surface area contributed by atoms with Crippen molar-refractivity contribution in [1.82, 2.24) is 10.3 Å². The standard InChI is InChI=1S/C21H18ClN3O2/c1-14-5-10-17(12-19(14)22)25-21(27)16-8-6-15(7-9-16)20(26)24-13-18-4-2-3-11-23-18/h2-12H,13H2,1H3,(H,24,26)(H,25,27). The molecule has 5 nitrogen and oxygen atoms in total. The van der Waals surface area contributed by atoms with E-state index in [1.807, 2.05) is 31.2 Å². The number of nitrogens with zero attached hydrogens (tertiary/aromatic N) is 1. The van der Waals surface area contributed by atoms with Crippen molar-refractivity contribution in [1.29, 1.82) is 0 Å². The van der Waals surface area contributed by atoms with Crippen molar-refractivity contribution >= 4 is 29.1 Å². The second-order valence-electron chi connectivity index (χ2n) is 6.00. The van der Waals surface area contributed by atoms with Crippen LogP contribution < -0.4 is 10.6 Å². The van der Waals surface area contributed by atoms with Crippen LogP contribution in [0.3, 0.4) is 0 Å². The van der Waals surface area contributed by atoms with Crippen LogP contribution in [0.5, 0.6) is 0 Å². The van der Waals surface area contributed by atoms with E-state index >= 15 is 0 Å². The molecule has 1 aromatic heterocycles. The van der Waals surface area contributed by atoms with Crippen molar-refractivity contribution < 1.29 is 9.59 Å². The molecular weight excluding hydrogens is 362 g/mol. The number of aryl methyl sites for hydroxylation is 1. The van der Waals surface area contributed by atoms with E-state index in [4.69, 9.17) is 11.6 Å². The second-order valence-corrected chi connectivity index (χ2v) is 6.41. The van der Waals surface area contributed by atoms with E-state index in [2.05, 4.69) is 15.6 Å². The molecule has 0 radical (unpaired) electrons. The molecular formula is C21H18ClN3O2. The first-order chi connectivity index (χ1) is 13.0. The van der Waals surface area contributed by atoms with E-state index < -0.39 is 0 Å². The molecule has 1 heterocycles. The molecule has 0 spiro atoms. The lowest BCUT2D eigenvalue weighted by Crippen LogP contribution is -2.23. The zero-order valence-electron chi connectivity index (χ0n) is 14.7. The Morgan fingerprint density at radius 2 is 1.67 bits per heavy atom. The number of anilines is 1. The predicted molar refractivity (Wildman–Crippen MR) is 106 cm³/mol. The fourth-order valence-corrected chi connectivity index (χ4v) is 2.60. The fraction of sp³-hybridized carbons (Fsp3) is 0.0952. The fourth-order valence-electron chi connectivity index (χ4n) is 2.42. The molecule has 0 atom stereocenters. The van der Waals surface area contributed by atoms with Gasteiger partial charge in [0.05, 0.1) is 12.2 Å². The first-order valence-corrected chi connectivity index (χ1v) is 8.76. The quantitative estimate of drug-likeness (QED) is 0.697. The molecule has 136 valence electrons. The Labute approximate surface area is 162 Å². The Hall–Kier alpha value is -3.18. The summed E-state index contributed by atoms with van der Waals surface area (Å²) in [5.41, 5.74) is 3.26. The van der Waals surface area contributed by atoms with Gasteiger partial charge in [-0.3, -0.25) is 14.6 Å². The number of carbonyl (C=O) groups is 2. The van der Waals surface area contributed by atoms with E-state index in [0.717, 1.165) is 11.3 Å².